The van der Waals surface area contributed by atoms with E-state index >= 15 is 0 Å². The first-order valence-corrected chi connectivity index (χ1v) is 10.1. The third kappa shape index (κ3) is 3.85. The van der Waals surface area contributed by atoms with Gasteiger partial charge in [-0.15, -0.1) is 0 Å². The zero-order chi connectivity index (χ0) is 18.0. The van der Waals surface area contributed by atoms with Crippen LogP contribution in [0.5, 0.6) is 0 Å². The number of piperazine rings is 1. The van der Waals surface area contributed by atoms with Gasteiger partial charge in [-0.25, -0.2) is 13.4 Å². The second kappa shape index (κ2) is 7.14. The number of anilines is 1. The molecule has 1 aliphatic rings. The zero-order valence-corrected chi connectivity index (χ0v) is 15.8. The van der Waals surface area contributed by atoms with E-state index in [1.54, 1.807) is 16.4 Å². The molecule has 1 aromatic carbocycles. The summed E-state index contributed by atoms with van der Waals surface area (Å²) in [5, 5.41) is 0. The lowest BCUT2D eigenvalue weighted by molar-refractivity contribution is 0.383. The topological polar surface area (TPSA) is 53.5 Å². The Labute approximate surface area is 150 Å². The van der Waals surface area contributed by atoms with Crippen LogP contribution in [-0.2, 0) is 10.0 Å². The minimum Gasteiger partial charge on any atom is -0.354 e. The van der Waals surface area contributed by atoms with Crippen molar-refractivity contribution in [3.63, 3.8) is 0 Å². The van der Waals surface area contributed by atoms with Crippen molar-refractivity contribution in [2.24, 2.45) is 0 Å². The van der Waals surface area contributed by atoms with Gasteiger partial charge in [0.15, 0.2) is 0 Å². The van der Waals surface area contributed by atoms with Crippen LogP contribution in [0.4, 0.5) is 5.82 Å². The van der Waals surface area contributed by atoms with Crippen molar-refractivity contribution in [1.82, 2.24) is 9.29 Å². The zero-order valence-electron chi connectivity index (χ0n) is 15.0. The number of aryl methyl sites for hydroxylation is 1. The van der Waals surface area contributed by atoms with E-state index < -0.39 is 10.0 Å². The average molecular weight is 359 g/mol. The standard InChI is InChI=1S/C19H25N3O2S/c1-15(2)17-7-9-18(10-8-17)25(23,24)22-13-11-21(12-14-22)19-6-4-5-16(3)20-19/h4-10,15H,11-14H2,1-3H3. The van der Waals surface area contributed by atoms with Crippen LogP contribution in [0.2, 0.25) is 0 Å². The van der Waals surface area contributed by atoms with Crippen LogP contribution in [0.3, 0.4) is 0 Å². The lowest BCUT2D eigenvalue weighted by Gasteiger charge is -2.34. The summed E-state index contributed by atoms with van der Waals surface area (Å²) in [5.41, 5.74) is 2.12. The number of aromatic nitrogens is 1. The molecule has 0 atom stereocenters. The molecule has 1 saturated heterocycles. The quantitative estimate of drug-likeness (QED) is 0.842. The molecule has 0 bridgehead atoms. The molecular formula is C19H25N3O2S. The molecule has 0 amide bonds. The van der Waals surface area contributed by atoms with Crippen LogP contribution in [0, 0.1) is 6.92 Å². The van der Waals surface area contributed by atoms with Crippen molar-refractivity contribution in [2.75, 3.05) is 31.1 Å². The second-order valence-electron chi connectivity index (χ2n) is 6.75. The van der Waals surface area contributed by atoms with Crippen LogP contribution in [0.25, 0.3) is 0 Å². The number of pyridine rings is 1. The van der Waals surface area contributed by atoms with Gasteiger partial charge in [0.2, 0.25) is 10.0 Å². The van der Waals surface area contributed by atoms with Crippen molar-refractivity contribution in [1.29, 1.82) is 0 Å². The molecule has 2 heterocycles. The second-order valence-corrected chi connectivity index (χ2v) is 8.69. The first kappa shape index (κ1) is 17.9. The molecule has 1 aromatic heterocycles. The van der Waals surface area contributed by atoms with Gasteiger partial charge in [0.05, 0.1) is 4.90 Å². The van der Waals surface area contributed by atoms with Gasteiger partial charge in [0.1, 0.15) is 5.82 Å². The molecule has 2 aromatic rings. The number of nitrogens with zero attached hydrogens (tertiary/aromatic N) is 3. The maximum absolute atomic E-state index is 12.9. The number of rotatable bonds is 4. The molecule has 6 heteroatoms. The largest absolute Gasteiger partial charge is 0.354 e. The first-order chi connectivity index (χ1) is 11.9. The summed E-state index contributed by atoms with van der Waals surface area (Å²) in [6, 6.07) is 13.2. The molecule has 5 nitrogen and oxygen atoms in total. The normalized spacial score (nSPS) is 16.4. The summed E-state index contributed by atoms with van der Waals surface area (Å²) in [5.74, 6) is 1.31. The Kier molecular flexibility index (Phi) is 5.11. The van der Waals surface area contributed by atoms with Crippen molar-refractivity contribution < 1.29 is 8.42 Å². The molecule has 1 fully saturated rings. The minimum atomic E-state index is -3.43. The van der Waals surface area contributed by atoms with Crippen molar-refractivity contribution >= 4 is 15.8 Å². The average Bonchev–Trinajstić information content (AvgIpc) is 2.62. The van der Waals surface area contributed by atoms with Crippen LogP contribution in [0.15, 0.2) is 47.4 Å². The summed E-state index contributed by atoms with van der Waals surface area (Å²) < 4.78 is 27.3. The Bertz CT molecular complexity index is 824. The molecule has 0 unspecified atom stereocenters. The van der Waals surface area contributed by atoms with Crippen LogP contribution in [0.1, 0.15) is 31.0 Å². The summed E-state index contributed by atoms with van der Waals surface area (Å²) in [6.45, 7) is 8.42. The van der Waals surface area contributed by atoms with Gasteiger partial charge in [-0.2, -0.15) is 4.31 Å². The molecule has 1 aliphatic heterocycles. The summed E-state index contributed by atoms with van der Waals surface area (Å²) in [6.07, 6.45) is 0. The van der Waals surface area contributed by atoms with E-state index in [1.165, 1.54) is 0 Å². The molecule has 3 rings (SSSR count). The van der Waals surface area contributed by atoms with Gasteiger partial charge in [-0.1, -0.05) is 32.0 Å². The fourth-order valence-corrected chi connectivity index (χ4v) is 4.46. The molecule has 0 spiro atoms. The Hall–Kier alpha value is -1.92. The third-order valence-electron chi connectivity index (χ3n) is 4.62. The predicted octanol–water partition coefficient (Wildman–Crippen LogP) is 3.02. The van der Waals surface area contributed by atoms with E-state index in [2.05, 4.69) is 23.7 Å². The maximum Gasteiger partial charge on any atom is 0.243 e. The molecule has 134 valence electrons. The Morgan fingerprint density at radius 3 is 2.16 bits per heavy atom. The van der Waals surface area contributed by atoms with E-state index in [-0.39, 0.29) is 0 Å². The molecular weight excluding hydrogens is 334 g/mol. The third-order valence-corrected chi connectivity index (χ3v) is 6.53. The van der Waals surface area contributed by atoms with Crippen molar-refractivity contribution in [2.45, 2.75) is 31.6 Å². The van der Waals surface area contributed by atoms with Gasteiger partial charge in [-0.05, 0) is 42.7 Å². The fraction of sp³-hybridized carbons (Fsp3) is 0.421. The van der Waals surface area contributed by atoms with E-state index in [0.29, 0.717) is 37.0 Å². The Morgan fingerprint density at radius 1 is 0.960 bits per heavy atom. The number of hydrogen-bond donors (Lipinski definition) is 0. The maximum atomic E-state index is 12.9. The van der Waals surface area contributed by atoms with Gasteiger partial charge < -0.3 is 4.90 Å². The van der Waals surface area contributed by atoms with E-state index in [9.17, 15) is 8.42 Å². The number of hydrogen-bond acceptors (Lipinski definition) is 4. The minimum absolute atomic E-state index is 0.374. The van der Waals surface area contributed by atoms with Crippen LogP contribution in [-0.4, -0.2) is 43.9 Å². The fourth-order valence-electron chi connectivity index (χ4n) is 3.04. The van der Waals surface area contributed by atoms with Gasteiger partial charge >= 0.3 is 0 Å². The highest BCUT2D eigenvalue weighted by Gasteiger charge is 2.28. The van der Waals surface area contributed by atoms with Crippen LogP contribution < -0.4 is 4.90 Å². The number of benzene rings is 1. The molecule has 0 N–H and O–H groups in total. The van der Waals surface area contributed by atoms with Crippen LogP contribution >= 0.6 is 0 Å². The van der Waals surface area contributed by atoms with E-state index in [1.807, 2.05) is 37.3 Å². The molecule has 0 radical (unpaired) electrons. The SMILES string of the molecule is Cc1cccc(N2CCN(S(=O)(=O)c3ccc(C(C)C)cc3)CC2)n1. The summed E-state index contributed by atoms with van der Waals surface area (Å²) in [4.78, 5) is 7.04. The first-order valence-electron chi connectivity index (χ1n) is 8.66. The summed E-state index contributed by atoms with van der Waals surface area (Å²) >= 11 is 0. The molecule has 25 heavy (non-hydrogen) atoms. The van der Waals surface area contributed by atoms with Crippen molar-refractivity contribution in [3.8, 4) is 0 Å². The highest BCUT2D eigenvalue weighted by molar-refractivity contribution is 7.89. The lowest BCUT2D eigenvalue weighted by Crippen LogP contribution is -2.48. The predicted molar refractivity (Wildman–Crippen MR) is 100 cm³/mol. The van der Waals surface area contributed by atoms with Gasteiger partial charge in [-0.3, -0.25) is 0 Å². The number of sulfonamides is 1. The molecule has 0 saturated carbocycles. The van der Waals surface area contributed by atoms with Gasteiger partial charge in [0, 0.05) is 31.9 Å². The highest BCUT2D eigenvalue weighted by Crippen LogP contribution is 2.22. The Balaban J connectivity index is 1.71. The lowest BCUT2D eigenvalue weighted by atomic mass is 10.0. The van der Waals surface area contributed by atoms with Crippen molar-refractivity contribution in [3.05, 3.63) is 53.7 Å². The smallest absolute Gasteiger partial charge is 0.243 e. The van der Waals surface area contributed by atoms with E-state index in [0.717, 1.165) is 17.1 Å². The molecule has 0 aliphatic carbocycles. The Morgan fingerprint density at radius 2 is 1.60 bits per heavy atom. The van der Waals surface area contributed by atoms with Gasteiger partial charge in [0.25, 0.3) is 0 Å². The highest BCUT2D eigenvalue weighted by atomic mass is 32.2. The van der Waals surface area contributed by atoms with E-state index in [4.69, 9.17) is 0 Å². The summed E-state index contributed by atoms with van der Waals surface area (Å²) in [7, 11) is -3.43. The monoisotopic (exact) mass is 359 g/mol.